The SMILES string of the molecule is Fc1ccc(-c2cccc3c2[C@@H]2CCNCC[C@@H]2N3)c(F)c1. The molecule has 1 saturated heterocycles. The van der Waals surface area contributed by atoms with E-state index in [0.717, 1.165) is 43.2 Å². The Balaban J connectivity index is 1.84. The van der Waals surface area contributed by atoms with E-state index in [9.17, 15) is 8.78 Å². The maximum absolute atomic E-state index is 14.2. The Labute approximate surface area is 128 Å². The Morgan fingerprint density at radius 1 is 0.955 bits per heavy atom. The molecule has 0 spiro atoms. The third-order valence-corrected chi connectivity index (χ3v) is 4.79. The van der Waals surface area contributed by atoms with Gasteiger partial charge in [-0.05, 0) is 55.3 Å². The summed E-state index contributed by atoms with van der Waals surface area (Å²) in [6, 6.07) is 10.2. The van der Waals surface area contributed by atoms with Crippen LogP contribution >= 0.6 is 0 Å². The highest BCUT2D eigenvalue weighted by Gasteiger charge is 2.35. The molecule has 0 bridgehead atoms. The summed E-state index contributed by atoms with van der Waals surface area (Å²) in [6.45, 7) is 1.98. The quantitative estimate of drug-likeness (QED) is 0.835. The predicted molar refractivity (Wildman–Crippen MR) is 84.0 cm³/mol. The van der Waals surface area contributed by atoms with Crippen molar-refractivity contribution in [2.45, 2.75) is 24.8 Å². The summed E-state index contributed by atoms with van der Waals surface area (Å²) in [4.78, 5) is 0. The molecule has 2 aromatic rings. The van der Waals surface area contributed by atoms with Crippen LogP contribution in [0.4, 0.5) is 14.5 Å². The van der Waals surface area contributed by atoms with Crippen LogP contribution in [0.1, 0.15) is 24.3 Å². The number of fused-ring (bicyclic) bond motifs is 3. The second kappa shape index (κ2) is 5.36. The molecule has 22 heavy (non-hydrogen) atoms. The molecule has 0 amide bonds. The van der Waals surface area contributed by atoms with E-state index >= 15 is 0 Å². The summed E-state index contributed by atoms with van der Waals surface area (Å²) in [7, 11) is 0. The lowest BCUT2D eigenvalue weighted by molar-refractivity contribution is 0.576. The zero-order valence-corrected chi connectivity index (χ0v) is 12.2. The number of nitrogens with one attached hydrogen (secondary N) is 2. The Bertz CT molecular complexity index is 714. The van der Waals surface area contributed by atoms with E-state index in [4.69, 9.17) is 0 Å². The summed E-state index contributed by atoms with van der Waals surface area (Å²) >= 11 is 0. The van der Waals surface area contributed by atoms with Crippen molar-refractivity contribution >= 4 is 5.69 Å². The van der Waals surface area contributed by atoms with E-state index in [0.29, 0.717) is 17.5 Å². The molecular weight excluding hydrogens is 282 g/mol. The molecule has 4 rings (SSSR count). The smallest absolute Gasteiger partial charge is 0.133 e. The largest absolute Gasteiger partial charge is 0.381 e. The molecule has 4 heteroatoms. The zero-order valence-electron chi connectivity index (χ0n) is 12.2. The molecule has 0 aromatic heterocycles. The molecule has 2 heterocycles. The number of hydrogen-bond acceptors (Lipinski definition) is 2. The summed E-state index contributed by atoms with van der Waals surface area (Å²) in [5, 5.41) is 7.00. The van der Waals surface area contributed by atoms with Gasteiger partial charge in [-0.25, -0.2) is 8.78 Å². The van der Waals surface area contributed by atoms with E-state index in [-0.39, 0.29) is 0 Å². The topological polar surface area (TPSA) is 24.1 Å². The van der Waals surface area contributed by atoms with Crippen molar-refractivity contribution < 1.29 is 8.78 Å². The van der Waals surface area contributed by atoms with E-state index < -0.39 is 11.6 Å². The lowest BCUT2D eigenvalue weighted by Crippen LogP contribution is -2.21. The molecule has 1 fully saturated rings. The fourth-order valence-corrected chi connectivity index (χ4v) is 3.79. The molecule has 2 aromatic carbocycles. The first kappa shape index (κ1) is 13.7. The third kappa shape index (κ3) is 2.18. The van der Waals surface area contributed by atoms with E-state index in [1.807, 2.05) is 12.1 Å². The fraction of sp³-hybridized carbons (Fsp3) is 0.333. The summed E-state index contributed by atoms with van der Waals surface area (Å²) in [6.07, 6.45) is 2.09. The highest BCUT2D eigenvalue weighted by Crippen LogP contribution is 2.45. The number of benzene rings is 2. The first-order chi connectivity index (χ1) is 10.7. The molecule has 0 saturated carbocycles. The fourth-order valence-electron chi connectivity index (χ4n) is 3.79. The molecule has 0 aliphatic carbocycles. The Kier molecular flexibility index (Phi) is 3.34. The van der Waals surface area contributed by atoms with Crippen molar-refractivity contribution in [2.24, 2.45) is 0 Å². The van der Waals surface area contributed by atoms with Crippen LogP contribution in [0.25, 0.3) is 11.1 Å². The molecule has 114 valence electrons. The van der Waals surface area contributed by atoms with Gasteiger partial charge < -0.3 is 10.6 Å². The van der Waals surface area contributed by atoms with E-state index in [1.165, 1.54) is 11.6 Å². The van der Waals surface area contributed by atoms with Crippen LogP contribution in [-0.4, -0.2) is 19.1 Å². The van der Waals surface area contributed by atoms with E-state index in [2.05, 4.69) is 16.7 Å². The maximum Gasteiger partial charge on any atom is 0.133 e. The van der Waals surface area contributed by atoms with Gasteiger partial charge in [0, 0.05) is 29.3 Å². The molecule has 2 atom stereocenters. The molecule has 0 radical (unpaired) electrons. The maximum atomic E-state index is 14.2. The minimum atomic E-state index is -0.538. The average molecular weight is 300 g/mol. The van der Waals surface area contributed by atoms with Gasteiger partial charge in [0.2, 0.25) is 0 Å². The molecular formula is C18H18F2N2. The Hall–Kier alpha value is -1.94. The van der Waals surface area contributed by atoms with Gasteiger partial charge in [0.1, 0.15) is 11.6 Å². The summed E-state index contributed by atoms with van der Waals surface area (Å²) in [5.74, 6) is -0.655. The lowest BCUT2D eigenvalue weighted by Gasteiger charge is -2.18. The van der Waals surface area contributed by atoms with Crippen molar-refractivity contribution in [1.29, 1.82) is 0 Å². The third-order valence-electron chi connectivity index (χ3n) is 4.79. The van der Waals surface area contributed by atoms with Crippen LogP contribution < -0.4 is 10.6 Å². The number of anilines is 1. The van der Waals surface area contributed by atoms with Crippen LogP contribution in [0.3, 0.4) is 0 Å². The lowest BCUT2D eigenvalue weighted by atomic mass is 9.86. The second-order valence-electron chi connectivity index (χ2n) is 6.08. The first-order valence-electron chi connectivity index (χ1n) is 7.79. The van der Waals surface area contributed by atoms with Gasteiger partial charge in [-0.1, -0.05) is 12.1 Å². The van der Waals surface area contributed by atoms with Crippen LogP contribution in [0.2, 0.25) is 0 Å². The predicted octanol–water partition coefficient (Wildman–Crippen LogP) is 3.89. The zero-order chi connectivity index (χ0) is 15.1. The van der Waals surface area contributed by atoms with Crippen molar-refractivity contribution in [3.8, 4) is 11.1 Å². The minimum absolute atomic E-state index is 0.380. The van der Waals surface area contributed by atoms with Crippen LogP contribution in [-0.2, 0) is 0 Å². The minimum Gasteiger partial charge on any atom is -0.381 e. The highest BCUT2D eigenvalue weighted by molar-refractivity contribution is 5.78. The van der Waals surface area contributed by atoms with Gasteiger partial charge in [0.25, 0.3) is 0 Å². The molecule has 2 aliphatic heterocycles. The van der Waals surface area contributed by atoms with Crippen LogP contribution in [0, 0.1) is 11.6 Å². The number of rotatable bonds is 1. The second-order valence-corrected chi connectivity index (χ2v) is 6.08. The average Bonchev–Trinajstić information content (AvgIpc) is 2.70. The number of hydrogen-bond donors (Lipinski definition) is 2. The van der Waals surface area contributed by atoms with Crippen LogP contribution in [0.15, 0.2) is 36.4 Å². The van der Waals surface area contributed by atoms with Gasteiger partial charge in [0.05, 0.1) is 0 Å². The highest BCUT2D eigenvalue weighted by atomic mass is 19.1. The van der Waals surface area contributed by atoms with Gasteiger partial charge in [-0.3, -0.25) is 0 Å². The monoisotopic (exact) mass is 300 g/mol. The van der Waals surface area contributed by atoms with Gasteiger partial charge >= 0.3 is 0 Å². The molecule has 2 N–H and O–H groups in total. The number of halogens is 2. The first-order valence-corrected chi connectivity index (χ1v) is 7.79. The van der Waals surface area contributed by atoms with Gasteiger partial charge in [-0.2, -0.15) is 0 Å². The summed E-state index contributed by atoms with van der Waals surface area (Å²) in [5.41, 5.74) is 3.65. The molecule has 2 aliphatic rings. The molecule has 2 nitrogen and oxygen atoms in total. The van der Waals surface area contributed by atoms with Crippen molar-refractivity contribution in [3.05, 3.63) is 53.6 Å². The van der Waals surface area contributed by atoms with E-state index in [1.54, 1.807) is 6.07 Å². The normalized spacial score (nSPS) is 23.4. The van der Waals surface area contributed by atoms with Crippen molar-refractivity contribution in [3.63, 3.8) is 0 Å². The Morgan fingerprint density at radius 2 is 1.82 bits per heavy atom. The summed E-state index contributed by atoms with van der Waals surface area (Å²) < 4.78 is 27.4. The van der Waals surface area contributed by atoms with Gasteiger partial charge in [-0.15, -0.1) is 0 Å². The van der Waals surface area contributed by atoms with Crippen molar-refractivity contribution in [1.82, 2.24) is 5.32 Å². The Morgan fingerprint density at radius 3 is 2.68 bits per heavy atom. The van der Waals surface area contributed by atoms with Gasteiger partial charge in [0.15, 0.2) is 0 Å². The van der Waals surface area contributed by atoms with Crippen LogP contribution in [0.5, 0.6) is 0 Å². The molecule has 0 unspecified atom stereocenters. The van der Waals surface area contributed by atoms with Crippen molar-refractivity contribution in [2.75, 3.05) is 18.4 Å². The standard InChI is InChI=1S/C18H18F2N2/c19-11-4-5-12(15(20)10-11)13-2-1-3-17-18(13)14-6-8-21-9-7-16(14)22-17/h1-5,10,14,16,21-22H,6-9H2/t14-,16+/m1/s1.